The van der Waals surface area contributed by atoms with Crippen molar-refractivity contribution in [3.8, 4) is 6.01 Å². The summed E-state index contributed by atoms with van der Waals surface area (Å²) in [5.41, 5.74) is 0. The molecule has 0 bridgehead atoms. The van der Waals surface area contributed by atoms with E-state index in [0.717, 1.165) is 0 Å². The van der Waals surface area contributed by atoms with Crippen LogP contribution in [0.15, 0.2) is 0 Å². The number of aromatic nitrogens is 3. The fourth-order valence-electron chi connectivity index (χ4n) is 0.715. The van der Waals surface area contributed by atoms with E-state index in [2.05, 4.69) is 20.3 Å². The van der Waals surface area contributed by atoms with Gasteiger partial charge in [-0.15, -0.1) is 0 Å². The molecule has 1 amide bonds. The van der Waals surface area contributed by atoms with Crippen LogP contribution in [-0.2, 0) is 0 Å². The van der Waals surface area contributed by atoms with Crippen LogP contribution in [-0.4, -0.2) is 50.1 Å². The average Bonchev–Trinajstić information content (AvgIpc) is 2.01. The van der Waals surface area contributed by atoms with Crippen molar-refractivity contribution in [2.75, 3.05) is 12.4 Å². The molecule has 0 saturated heterocycles. The molecule has 0 fully saturated rings. The molecular weight excluding hydrogens is 275 g/mol. The minimum absolute atomic E-state index is 0.0990. The number of aryl methyl sites for hydroxylation is 1. The van der Waals surface area contributed by atoms with Crippen LogP contribution in [0.1, 0.15) is 5.82 Å². The Morgan fingerprint density at radius 2 is 2.15 bits per heavy atom. The summed E-state index contributed by atoms with van der Waals surface area (Å²) in [4.78, 5) is 22.3. The van der Waals surface area contributed by atoms with Gasteiger partial charge in [-0.2, -0.15) is 0 Å². The Kier molecular flexibility index (Phi) is 3.47. The van der Waals surface area contributed by atoms with Gasteiger partial charge in [0, 0.05) is 0 Å². The van der Waals surface area contributed by atoms with Gasteiger partial charge in [0.2, 0.25) is 0 Å². The van der Waals surface area contributed by atoms with Crippen molar-refractivity contribution < 1.29 is 9.53 Å². The number of carbonyl (C=O) groups excluding carboxylic acids is 1. The predicted molar refractivity (Wildman–Crippen MR) is 45.9 cm³/mol. The zero-order chi connectivity index (χ0) is 9.84. The molecule has 0 aliphatic rings. The van der Waals surface area contributed by atoms with E-state index in [1.807, 2.05) is 0 Å². The van der Waals surface area contributed by atoms with E-state index in [9.17, 15) is 4.79 Å². The number of carbonyl (C=O) groups is 1. The summed E-state index contributed by atoms with van der Waals surface area (Å²) in [5, 5.41) is 2.50. The average molecular weight is 282 g/mol. The number of methoxy groups -OCH3 is 1. The fourth-order valence-corrected chi connectivity index (χ4v) is 1.08. The number of hydrogen-bond donors (Lipinski definition) is 1. The summed E-state index contributed by atoms with van der Waals surface area (Å²) in [7, 11) is 1.46. The quantitative estimate of drug-likeness (QED) is 0.819. The molecule has 1 heterocycles. The van der Waals surface area contributed by atoms with E-state index in [1.165, 1.54) is 7.11 Å². The molecule has 0 spiro atoms. The van der Waals surface area contributed by atoms with Gasteiger partial charge in [0.25, 0.3) is 0 Å². The molecule has 0 aromatic carbocycles. The monoisotopic (exact) mass is 282 g/mol. The molecule has 1 rings (SSSR count). The maximum absolute atomic E-state index is 10.7. The standard InChI is InChI=1S/C6H7N4O2.In/c1-4-8-5(7-3-11)10-6(9-4)12-2;/h1-2H3,(H,7,8,9,10,11);. The van der Waals surface area contributed by atoms with Crippen molar-refractivity contribution in [1.82, 2.24) is 15.0 Å². The second-order valence-electron chi connectivity index (χ2n) is 2.18. The van der Waals surface area contributed by atoms with Gasteiger partial charge in [-0.3, -0.25) is 0 Å². The Balaban J connectivity index is 2.94. The molecule has 13 heavy (non-hydrogen) atoms. The van der Waals surface area contributed by atoms with Gasteiger partial charge in [-0.25, -0.2) is 0 Å². The number of nitrogens with one attached hydrogen (secondary N) is 1. The van der Waals surface area contributed by atoms with Crippen LogP contribution in [0.2, 0.25) is 0 Å². The van der Waals surface area contributed by atoms with Gasteiger partial charge >= 0.3 is 89.7 Å². The third kappa shape index (κ3) is 3.17. The van der Waals surface area contributed by atoms with Crippen LogP contribution in [0.25, 0.3) is 0 Å². The second-order valence-corrected chi connectivity index (χ2v) is 3.68. The SMILES string of the molecule is COc1nc(C)nc(N[C](=O)[In])n1. The number of rotatable bonds is 2. The maximum atomic E-state index is 10.7. The normalized spacial score (nSPS) is 9.38. The molecule has 1 aromatic heterocycles. The number of nitrogens with zero attached hydrogens (tertiary/aromatic N) is 3. The van der Waals surface area contributed by atoms with Crippen molar-refractivity contribution in [3.05, 3.63) is 5.82 Å². The van der Waals surface area contributed by atoms with Crippen molar-refractivity contribution in [2.24, 2.45) is 0 Å². The van der Waals surface area contributed by atoms with Gasteiger partial charge in [0.1, 0.15) is 0 Å². The fraction of sp³-hybridized carbons (Fsp3) is 0.333. The van der Waals surface area contributed by atoms with E-state index in [0.29, 0.717) is 30.2 Å². The van der Waals surface area contributed by atoms with Gasteiger partial charge in [0.15, 0.2) is 0 Å². The number of hydrogen-bond acceptors (Lipinski definition) is 5. The Hall–Kier alpha value is -0.850. The minimum atomic E-state index is -0.0990. The summed E-state index contributed by atoms with van der Waals surface area (Å²) in [6.45, 7) is 1.70. The first-order chi connectivity index (χ1) is 6.11. The van der Waals surface area contributed by atoms with Gasteiger partial charge < -0.3 is 0 Å². The zero-order valence-corrected chi connectivity index (χ0v) is 10.5. The van der Waals surface area contributed by atoms with Crippen molar-refractivity contribution in [1.29, 1.82) is 0 Å². The van der Waals surface area contributed by atoms with Gasteiger partial charge in [-0.05, 0) is 0 Å². The van der Waals surface area contributed by atoms with Gasteiger partial charge in [-0.1, -0.05) is 0 Å². The molecule has 0 unspecified atom stereocenters. The summed E-state index contributed by atoms with van der Waals surface area (Å²) in [5.74, 6) is 0.748. The van der Waals surface area contributed by atoms with Crippen LogP contribution < -0.4 is 10.1 Å². The van der Waals surface area contributed by atoms with Crippen LogP contribution in [0.4, 0.5) is 10.7 Å². The Bertz CT molecular complexity index is 330. The first-order valence-electron chi connectivity index (χ1n) is 3.45. The van der Waals surface area contributed by atoms with Gasteiger partial charge in [0.05, 0.1) is 0 Å². The number of anilines is 1. The van der Waals surface area contributed by atoms with Crippen LogP contribution in [0, 0.1) is 6.92 Å². The summed E-state index contributed by atoms with van der Waals surface area (Å²) >= 11 is 0.472. The van der Waals surface area contributed by atoms with E-state index in [4.69, 9.17) is 4.74 Å². The molecule has 6 nitrogen and oxygen atoms in total. The molecule has 2 radical (unpaired) electrons. The predicted octanol–water partition coefficient (Wildman–Crippen LogP) is -0.111. The summed E-state index contributed by atoms with van der Waals surface area (Å²) < 4.78 is 4.72. The second kappa shape index (κ2) is 4.40. The number of amides is 1. The summed E-state index contributed by atoms with van der Waals surface area (Å²) in [6.07, 6.45) is 0. The molecule has 0 atom stereocenters. The van der Waals surface area contributed by atoms with E-state index in [-0.39, 0.29) is 15.6 Å². The number of ether oxygens (including phenoxy) is 1. The first kappa shape index (κ1) is 10.2. The molecular formula is C6H7InN4O2. The van der Waals surface area contributed by atoms with Crippen molar-refractivity contribution in [2.45, 2.75) is 6.92 Å². The Morgan fingerprint density at radius 3 is 2.69 bits per heavy atom. The van der Waals surface area contributed by atoms with Crippen molar-refractivity contribution in [3.63, 3.8) is 0 Å². The summed E-state index contributed by atoms with van der Waals surface area (Å²) in [6, 6.07) is 0.205. The van der Waals surface area contributed by atoms with Crippen LogP contribution in [0.5, 0.6) is 6.01 Å². The molecule has 66 valence electrons. The Labute approximate surface area is 89.7 Å². The van der Waals surface area contributed by atoms with E-state index in [1.54, 1.807) is 6.92 Å². The van der Waals surface area contributed by atoms with Crippen LogP contribution >= 0.6 is 0 Å². The molecule has 7 heteroatoms. The topological polar surface area (TPSA) is 77.0 Å². The van der Waals surface area contributed by atoms with Crippen LogP contribution in [0.3, 0.4) is 0 Å². The first-order valence-corrected chi connectivity index (χ1v) is 5.09. The van der Waals surface area contributed by atoms with E-state index >= 15 is 0 Å². The Morgan fingerprint density at radius 1 is 1.46 bits per heavy atom. The third-order valence-corrected chi connectivity index (χ3v) is 1.56. The molecule has 0 aliphatic carbocycles. The van der Waals surface area contributed by atoms with Crippen molar-refractivity contribution >= 4 is 34.0 Å². The molecule has 1 N–H and O–H groups in total. The molecule has 0 saturated carbocycles. The molecule has 1 aromatic rings. The third-order valence-electron chi connectivity index (χ3n) is 1.14. The van der Waals surface area contributed by atoms with E-state index < -0.39 is 0 Å². The molecule has 0 aliphatic heterocycles. The zero-order valence-electron chi connectivity index (χ0n) is 7.24.